The Bertz CT molecular complexity index is 377. The number of benzene rings is 1. The first-order valence-corrected chi connectivity index (χ1v) is 8.12. The Morgan fingerprint density at radius 3 is 2.32 bits per heavy atom. The second kappa shape index (κ2) is 8.60. The smallest absolute Gasteiger partial charge is 0.133 e. The number of nitrogens with one attached hydrogen (secondary N) is 1. The van der Waals surface area contributed by atoms with Crippen molar-refractivity contribution >= 4 is 15.9 Å². The number of ether oxygens (including phenoxy) is 1. The van der Waals surface area contributed by atoms with Crippen molar-refractivity contribution in [3.63, 3.8) is 0 Å². The number of hydrogen-bond acceptors (Lipinski definition) is 2. The molecule has 0 fully saturated rings. The van der Waals surface area contributed by atoms with Crippen molar-refractivity contribution in [2.75, 3.05) is 13.2 Å². The largest absolute Gasteiger partial charge is 0.493 e. The summed E-state index contributed by atoms with van der Waals surface area (Å²) in [7, 11) is 0. The SMILES string of the molecule is CCNC(c1ccc(OCC)c(Br)c1)C(CC)CC. The summed E-state index contributed by atoms with van der Waals surface area (Å²) in [6.07, 6.45) is 2.39. The van der Waals surface area contributed by atoms with Crippen LogP contribution in [0.4, 0.5) is 0 Å². The van der Waals surface area contributed by atoms with E-state index in [1.165, 1.54) is 18.4 Å². The highest BCUT2D eigenvalue weighted by molar-refractivity contribution is 9.10. The van der Waals surface area contributed by atoms with E-state index in [0.717, 1.165) is 16.8 Å². The van der Waals surface area contributed by atoms with Gasteiger partial charge in [0, 0.05) is 6.04 Å². The van der Waals surface area contributed by atoms with E-state index >= 15 is 0 Å². The number of halogens is 1. The van der Waals surface area contributed by atoms with Crippen LogP contribution in [0.25, 0.3) is 0 Å². The minimum Gasteiger partial charge on any atom is -0.493 e. The van der Waals surface area contributed by atoms with Crippen LogP contribution in [0.3, 0.4) is 0 Å². The molecule has 19 heavy (non-hydrogen) atoms. The van der Waals surface area contributed by atoms with Gasteiger partial charge in [0.1, 0.15) is 5.75 Å². The maximum absolute atomic E-state index is 5.58. The van der Waals surface area contributed by atoms with Gasteiger partial charge in [-0.05, 0) is 53.0 Å². The van der Waals surface area contributed by atoms with E-state index in [1.807, 2.05) is 6.92 Å². The molecule has 1 unspecified atom stereocenters. The van der Waals surface area contributed by atoms with Gasteiger partial charge < -0.3 is 10.1 Å². The molecular weight excluding hydrogens is 302 g/mol. The fraction of sp³-hybridized carbons (Fsp3) is 0.625. The Morgan fingerprint density at radius 1 is 1.16 bits per heavy atom. The summed E-state index contributed by atoms with van der Waals surface area (Å²) in [5, 5.41) is 3.62. The molecular formula is C16H26BrNO. The summed E-state index contributed by atoms with van der Waals surface area (Å²) >= 11 is 3.61. The minimum absolute atomic E-state index is 0.423. The molecule has 1 aromatic carbocycles. The van der Waals surface area contributed by atoms with Crippen LogP contribution in [0.1, 0.15) is 52.1 Å². The maximum atomic E-state index is 5.58. The lowest BCUT2D eigenvalue weighted by Gasteiger charge is -2.27. The molecule has 1 atom stereocenters. The van der Waals surface area contributed by atoms with Gasteiger partial charge in [0.2, 0.25) is 0 Å². The Kier molecular flexibility index (Phi) is 7.47. The van der Waals surface area contributed by atoms with Crippen molar-refractivity contribution in [2.45, 2.75) is 46.6 Å². The molecule has 0 aromatic heterocycles. The highest BCUT2D eigenvalue weighted by Crippen LogP contribution is 2.33. The molecule has 0 bridgehead atoms. The summed E-state index contributed by atoms with van der Waals surface area (Å²) in [4.78, 5) is 0. The van der Waals surface area contributed by atoms with Gasteiger partial charge in [0.15, 0.2) is 0 Å². The molecule has 0 amide bonds. The zero-order chi connectivity index (χ0) is 14.3. The molecule has 108 valence electrons. The van der Waals surface area contributed by atoms with E-state index in [0.29, 0.717) is 18.6 Å². The highest BCUT2D eigenvalue weighted by Gasteiger charge is 2.20. The predicted molar refractivity (Wildman–Crippen MR) is 85.8 cm³/mol. The summed E-state index contributed by atoms with van der Waals surface area (Å²) < 4.78 is 6.62. The van der Waals surface area contributed by atoms with Crippen molar-refractivity contribution in [1.29, 1.82) is 0 Å². The van der Waals surface area contributed by atoms with Crippen molar-refractivity contribution in [1.82, 2.24) is 5.32 Å². The molecule has 1 aromatic rings. The molecule has 0 aliphatic heterocycles. The van der Waals surface area contributed by atoms with Crippen LogP contribution in [0, 0.1) is 5.92 Å². The van der Waals surface area contributed by atoms with Gasteiger partial charge in [-0.2, -0.15) is 0 Å². The van der Waals surface area contributed by atoms with E-state index < -0.39 is 0 Å². The summed E-state index contributed by atoms with van der Waals surface area (Å²) in [6.45, 7) is 10.4. The third kappa shape index (κ3) is 4.50. The second-order valence-corrected chi connectivity index (χ2v) is 5.59. The van der Waals surface area contributed by atoms with E-state index in [9.17, 15) is 0 Å². The van der Waals surface area contributed by atoms with Gasteiger partial charge in [-0.1, -0.05) is 39.7 Å². The van der Waals surface area contributed by atoms with Crippen LogP contribution in [-0.2, 0) is 0 Å². The number of rotatable bonds is 8. The predicted octanol–water partition coefficient (Wildman–Crippen LogP) is 4.93. The van der Waals surface area contributed by atoms with Crippen molar-refractivity contribution in [2.24, 2.45) is 5.92 Å². The third-order valence-corrected chi connectivity index (χ3v) is 4.18. The second-order valence-electron chi connectivity index (χ2n) is 4.73. The fourth-order valence-corrected chi connectivity index (χ4v) is 3.03. The maximum Gasteiger partial charge on any atom is 0.133 e. The molecule has 3 heteroatoms. The quantitative estimate of drug-likeness (QED) is 0.730. The molecule has 0 radical (unpaired) electrons. The van der Waals surface area contributed by atoms with Crippen LogP contribution < -0.4 is 10.1 Å². The Labute approximate surface area is 126 Å². The first-order chi connectivity index (χ1) is 9.17. The minimum atomic E-state index is 0.423. The third-order valence-electron chi connectivity index (χ3n) is 3.56. The van der Waals surface area contributed by atoms with Gasteiger partial charge in [0.05, 0.1) is 11.1 Å². The van der Waals surface area contributed by atoms with Gasteiger partial charge in [-0.3, -0.25) is 0 Å². The summed E-state index contributed by atoms with van der Waals surface area (Å²) in [5.74, 6) is 1.59. The lowest BCUT2D eigenvalue weighted by Crippen LogP contribution is -2.27. The summed E-state index contributed by atoms with van der Waals surface area (Å²) in [6, 6.07) is 6.86. The standard InChI is InChI=1S/C16H26BrNO/c1-5-12(6-2)16(18-7-3)13-9-10-15(19-8-4)14(17)11-13/h9-12,16,18H,5-8H2,1-4H3. The molecule has 0 heterocycles. The molecule has 1 rings (SSSR count). The zero-order valence-corrected chi connectivity index (χ0v) is 14.1. The van der Waals surface area contributed by atoms with Crippen LogP contribution in [0.15, 0.2) is 22.7 Å². The Hall–Kier alpha value is -0.540. The first-order valence-electron chi connectivity index (χ1n) is 7.33. The first kappa shape index (κ1) is 16.5. The van der Waals surface area contributed by atoms with E-state index in [2.05, 4.69) is 60.2 Å². The molecule has 0 spiro atoms. The Morgan fingerprint density at radius 2 is 1.84 bits per heavy atom. The molecule has 0 saturated heterocycles. The van der Waals surface area contributed by atoms with Crippen molar-refractivity contribution in [3.8, 4) is 5.75 Å². The highest BCUT2D eigenvalue weighted by atomic mass is 79.9. The lowest BCUT2D eigenvalue weighted by atomic mass is 9.89. The van der Waals surface area contributed by atoms with Gasteiger partial charge in [0.25, 0.3) is 0 Å². The van der Waals surface area contributed by atoms with E-state index in [-0.39, 0.29) is 0 Å². The normalized spacial score (nSPS) is 12.7. The van der Waals surface area contributed by atoms with Gasteiger partial charge in [-0.25, -0.2) is 0 Å². The van der Waals surface area contributed by atoms with E-state index in [1.54, 1.807) is 0 Å². The van der Waals surface area contributed by atoms with Crippen molar-refractivity contribution in [3.05, 3.63) is 28.2 Å². The average molecular weight is 328 g/mol. The molecule has 2 nitrogen and oxygen atoms in total. The Balaban J connectivity index is 2.99. The van der Waals surface area contributed by atoms with Crippen LogP contribution in [0.2, 0.25) is 0 Å². The van der Waals surface area contributed by atoms with Crippen LogP contribution >= 0.6 is 15.9 Å². The molecule has 0 aliphatic carbocycles. The van der Waals surface area contributed by atoms with Crippen molar-refractivity contribution < 1.29 is 4.74 Å². The molecule has 0 aliphatic rings. The van der Waals surface area contributed by atoms with E-state index in [4.69, 9.17) is 4.74 Å². The lowest BCUT2D eigenvalue weighted by molar-refractivity contribution is 0.334. The molecule has 0 saturated carbocycles. The van der Waals surface area contributed by atoms with Gasteiger partial charge >= 0.3 is 0 Å². The summed E-state index contributed by atoms with van der Waals surface area (Å²) in [5.41, 5.74) is 1.34. The van der Waals surface area contributed by atoms with Crippen LogP contribution in [-0.4, -0.2) is 13.2 Å². The van der Waals surface area contributed by atoms with Gasteiger partial charge in [-0.15, -0.1) is 0 Å². The topological polar surface area (TPSA) is 21.3 Å². The molecule has 1 N–H and O–H groups in total. The zero-order valence-electron chi connectivity index (χ0n) is 12.5. The number of hydrogen-bond donors (Lipinski definition) is 1. The fourth-order valence-electron chi connectivity index (χ4n) is 2.52. The monoisotopic (exact) mass is 327 g/mol. The average Bonchev–Trinajstić information content (AvgIpc) is 2.41. The van der Waals surface area contributed by atoms with Crippen LogP contribution in [0.5, 0.6) is 5.75 Å².